The molecule has 1 saturated heterocycles. The molecule has 0 radical (unpaired) electrons. The second kappa shape index (κ2) is 10.1. The van der Waals surface area contributed by atoms with E-state index in [-0.39, 0.29) is 42.4 Å². The van der Waals surface area contributed by atoms with Crippen LogP contribution in [0.1, 0.15) is 31.7 Å². The second-order valence-corrected chi connectivity index (χ2v) is 7.82. The average Bonchev–Trinajstić information content (AvgIpc) is 3.01. The first-order valence-corrected chi connectivity index (χ1v) is 10.4. The fraction of sp³-hybridized carbons (Fsp3) is 0.435. The van der Waals surface area contributed by atoms with Gasteiger partial charge in [-0.3, -0.25) is 28.9 Å². The predicted molar refractivity (Wildman–Crippen MR) is 110 cm³/mol. The van der Waals surface area contributed by atoms with Crippen LogP contribution in [-0.2, 0) is 35.1 Å². The van der Waals surface area contributed by atoms with Gasteiger partial charge in [0.05, 0.1) is 24.3 Å². The van der Waals surface area contributed by atoms with E-state index in [1.54, 1.807) is 0 Å². The van der Waals surface area contributed by atoms with Crippen molar-refractivity contribution >= 4 is 29.5 Å². The number of allylic oxidation sites excluding steroid dienone is 2. The number of hydrogen-bond acceptors (Lipinski definition) is 6. The summed E-state index contributed by atoms with van der Waals surface area (Å²) in [6.45, 7) is 0.792. The van der Waals surface area contributed by atoms with E-state index < -0.39 is 24.5 Å². The molecule has 1 aromatic rings. The molecule has 2 aliphatic rings. The Kier molecular flexibility index (Phi) is 7.33. The molecule has 0 spiro atoms. The largest absolute Gasteiger partial charge is 0.456 e. The molecule has 3 rings (SSSR count). The van der Waals surface area contributed by atoms with Gasteiger partial charge >= 0.3 is 5.97 Å². The highest BCUT2D eigenvalue weighted by Crippen LogP contribution is 2.34. The lowest BCUT2D eigenvalue weighted by Gasteiger charge is -2.16. The van der Waals surface area contributed by atoms with E-state index in [0.29, 0.717) is 19.3 Å². The molecule has 8 heteroatoms. The van der Waals surface area contributed by atoms with Gasteiger partial charge in [0.2, 0.25) is 11.8 Å². The topological polar surface area (TPSA) is 110 Å². The van der Waals surface area contributed by atoms with Crippen LogP contribution in [0, 0.1) is 11.8 Å². The van der Waals surface area contributed by atoms with Crippen molar-refractivity contribution in [1.29, 1.82) is 0 Å². The number of esters is 1. The van der Waals surface area contributed by atoms with Crippen LogP contribution in [0.15, 0.2) is 42.5 Å². The summed E-state index contributed by atoms with van der Waals surface area (Å²) in [5.41, 5.74) is 0.899. The molecule has 1 aliphatic heterocycles. The minimum absolute atomic E-state index is 0.0603. The molecule has 31 heavy (non-hydrogen) atoms. The first-order valence-electron chi connectivity index (χ1n) is 10.4. The number of carbonyl (C=O) groups is 5. The van der Waals surface area contributed by atoms with E-state index in [4.69, 9.17) is 4.74 Å². The molecule has 0 aromatic heterocycles. The predicted octanol–water partition coefficient (Wildman–Crippen LogP) is 1.19. The standard InChI is InChI=1S/C23H26N2O6/c1-15(26)19(13-16-7-3-2-4-8-16)24-20(27)14-31-21(28)11-12-25-22(29)17-9-5-6-10-18(17)23(25)30/h2-8,17-19H,9-14H2,1H3,(H,24,27)/t17-,18-,19+/m1/s1. The van der Waals surface area contributed by atoms with Gasteiger partial charge in [0.25, 0.3) is 5.91 Å². The summed E-state index contributed by atoms with van der Waals surface area (Å²) in [5, 5.41) is 2.57. The first-order chi connectivity index (χ1) is 14.9. The number of Topliss-reactive ketones (excluding diaryl/α,β-unsaturated/α-hetero) is 1. The van der Waals surface area contributed by atoms with Gasteiger partial charge in [-0.1, -0.05) is 42.5 Å². The van der Waals surface area contributed by atoms with Crippen LogP contribution < -0.4 is 5.32 Å². The van der Waals surface area contributed by atoms with E-state index in [2.05, 4.69) is 5.32 Å². The molecule has 3 atom stereocenters. The Morgan fingerprint density at radius 3 is 2.26 bits per heavy atom. The van der Waals surface area contributed by atoms with Gasteiger partial charge in [-0.25, -0.2) is 0 Å². The molecule has 1 heterocycles. The van der Waals surface area contributed by atoms with Crippen LogP contribution in [-0.4, -0.2) is 53.6 Å². The summed E-state index contributed by atoms with van der Waals surface area (Å²) in [6, 6.07) is 8.54. The Labute approximate surface area is 180 Å². The van der Waals surface area contributed by atoms with Crippen molar-refractivity contribution in [2.45, 2.75) is 38.6 Å². The molecule has 0 unspecified atom stereocenters. The maximum atomic E-state index is 12.4. The monoisotopic (exact) mass is 426 g/mol. The molecular formula is C23H26N2O6. The van der Waals surface area contributed by atoms with E-state index in [9.17, 15) is 24.0 Å². The van der Waals surface area contributed by atoms with Crippen LogP contribution in [0.2, 0.25) is 0 Å². The first kappa shape index (κ1) is 22.4. The zero-order valence-corrected chi connectivity index (χ0v) is 17.4. The Bertz CT molecular complexity index is 869. The summed E-state index contributed by atoms with van der Waals surface area (Å²) < 4.78 is 4.96. The normalized spacial score (nSPS) is 20.9. The number of carbonyl (C=O) groups excluding carboxylic acids is 5. The van der Waals surface area contributed by atoms with Gasteiger partial charge in [-0.2, -0.15) is 0 Å². The van der Waals surface area contributed by atoms with Crippen LogP contribution in [0.4, 0.5) is 0 Å². The van der Waals surface area contributed by atoms with Crippen LogP contribution in [0.25, 0.3) is 0 Å². The van der Waals surface area contributed by atoms with Gasteiger partial charge in [0.1, 0.15) is 0 Å². The maximum Gasteiger partial charge on any atom is 0.308 e. The minimum atomic E-state index is -0.717. The van der Waals surface area contributed by atoms with E-state index in [1.165, 1.54) is 6.92 Å². The lowest BCUT2D eigenvalue weighted by atomic mass is 9.85. The lowest BCUT2D eigenvalue weighted by molar-refractivity contribution is -0.150. The molecule has 1 aromatic carbocycles. The fourth-order valence-corrected chi connectivity index (χ4v) is 3.89. The van der Waals surface area contributed by atoms with Gasteiger partial charge in [0, 0.05) is 6.54 Å². The third kappa shape index (κ3) is 5.65. The SMILES string of the molecule is CC(=O)[C@H](Cc1ccccc1)NC(=O)COC(=O)CCN1C(=O)[C@@H]2CC=CC[C@H]2C1=O. The van der Waals surface area contributed by atoms with Gasteiger partial charge in [-0.15, -0.1) is 0 Å². The zero-order valence-electron chi connectivity index (χ0n) is 17.4. The third-order valence-electron chi connectivity index (χ3n) is 5.61. The van der Waals surface area contributed by atoms with Crippen molar-refractivity contribution in [3.8, 4) is 0 Å². The number of likely N-dealkylation sites (tertiary alicyclic amines) is 1. The number of fused-ring (bicyclic) bond motifs is 1. The highest BCUT2D eigenvalue weighted by atomic mass is 16.5. The molecule has 1 N–H and O–H groups in total. The quantitative estimate of drug-likeness (QED) is 0.361. The van der Waals surface area contributed by atoms with Gasteiger partial charge < -0.3 is 10.1 Å². The Hall–Kier alpha value is -3.29. The highest BCUT2D eigenvalue weighted by Gasteiger charge is 2.46. The van der Waals surface area contributed by atoms with Crippen molar-refractivity contribution in [3.63, 3.8) is 0 Å². The number of hydrogen-bond donors (Lipinski definition) is 1. The van der Waals surface area contributed by atoms with E-state index >= 15 is 0 Å². The lowest BCUT2D eigenvalue weighted by Crippen LogP contribution is -2.43. The van der Waals surface area contributed by atoms with E-state index in [0.717, 1.165) is 10.5 Å². The van der Waals surface area contributed by atoms with E-state index in [1.807, 2.05) is 42.5 Å². The number of imide groups is 1. The van der Waals surface area contributed by atoms with Gasteiger partial charge in [0.15, 0.2) is 12.4 Å². The summed E-state index contributed by atoms with van der Waals surface area (Å²) in [6.07, 6.45) is 5.03. The molecule has 0 saturated carbocycles. The number of rotatable bonds is 9. The van der Waals surface area contributed by atoms with Crippen molar-refractivity contribution in [2.75, 3.05) is 13.2 Å². The molecule has 8 nitrogen and oxygen atoms in total. The second-order valence-electron chi connectivity index (χ2n) is 7.82. The molecule has 1 fully saturated rings. The summed E-state index contributed by atoms with van der Waals surface area (Å²) in [5.74, 6) is -2.67. The molecule has 3 amide bonds. The number of ether oxygens (including phenoxy) is 1. The number of nitrogens with zero attached hydrogens (tertiary/aromatic N) is 1. The van der Waals surface area contributed by atoms with Crippen LogP contribution in [0.3, 0.4) is 0 Å². The molecular weight excluding hydrogens is 400 g/mol. The Morgan fingerprint density at radius 2 is 1.68 bits per heavy atom. The van der Waals surface area contributed by atoms with Gasteiger partial charge in [-0.05, 0) is 31.7 Å². The highest BCUT2D eigenvalue weighted by molar-refractivity contribution is 6.05. The summed E-state index contributed by atoms with van der Waals surface area (Å²) in [7, 11) is 0. The van der Waals surface area contributed by atoms with Crippen LogP contribution in [0.5, 0.6) is 0 Å². The average molecular weight is 426 g/mol. The third-order valence-corrected chi connectivity index (χ3v) is 5.61. The Balaban J connectivity index is 1.42. The molecule has 164 valence electrons. The smallest absolute Gasteiger partial charge is 0.308 e. The Morgan fingerprint density at radius 1 is 1.06 bits per heavy atom. The summed E-state index contributed by atoms with van der Waals surface area (Å²) in [4.78, 5) is 61.9. The minimum Gasteiger partial charge on any atom is -0.456 e. The number of benzene rings is 1. The van der Waals surface area contributed by atoms with Crippen molar-refractivity contribution < 1.29 is 28.7 Å². The maximum absolute atomic E-state index is 12.4. The van der Waals surface area contributed by atoms with Crippen molar-refractivity contribution in [3.05, 3.63) is 48.0 Å². The number of nitrogens with one attached hydrogen (secondary N) is 1. The van der Waals surface area contributed by atoms with Crippen LogP contribution >= 0.6 is 0 Å². The number of amides is 3. The van der Waals surface area contributed by atoms with Crippen molar-refractivity contribution in [2.24, 2.45) is 11.8 Å². The van der Waals surface area contributed by atoms with Crippen molar-refractivity contribution in [1.82, 2.24) is 10.2 Å². The zero-order chi connectivity index (χ0) is 22.4. The molecule has 1 aliphatic carbocycles. The molecule has 0 bridgehead atoms. The fourth-order valence-electron chi connectivity index (χ4n) is 3.89. The summed E-state index contributed by atoms with van der Waals surface area (Å²) >= 11 is 0. The number of ketones is 1.